The molecular formula is C8H11F3N2. The number of halogens is 3. The third-order valence-corrected chi connectivity index (χ3v) is 2.06. The van der Waals surface area contributed by atoms with Gasteiger partial charge in [0.15, 0.2) is 0 Å². The highest BCUT2D eigenvalue weighted by Gasteiger charge is 2.40. The molecule has 1 fully saturated rings. The monoisotopic (exact) mass is 192 g/mol. The fourth-order valence-corrected chi connectivity index (χ4v) is 1.27. The molecule has 13 heavy (non-hydrogen) atoms. The molecule has 0 saturated heterocycles. The first-order chi connectivity index (χ1) is 5.94. The van der Waals surface area contributed by atoms with Crippen molar-refractivity contribution in [2.24, 2.45) is 0 Å². The van der Waals surface area contributed by atoms with E-state index in [9.17, 15) is 13.2 Å². The lowest BCUT2D eigenvalue weighted by Gasteiger charge is -2.25. The van der Waals surface area contributed by atoms with E-state index in [2.05, 4.69) is 0 Å². The van der Waals surface area contributed by atoms with Crippen molar-refractivity contribution < 1.29 is 13.2 Å². The first-order valence-electron chi connectivity index (χ1n) is 4.16. The Hall–Kier alpha value is -0.760. The van der Waals surface area contributed by atoms with Crippen molar-refractivity contribution in [3.8, 4) is 6.07 Å². The SMILES string of the molecule is CC(C#N)N(CC(F)(F)F)C1CC1. The van der Waals surface area contributed by atoms with Gasteiger partial charge in [-0.1, -0.05) is 0 Å². The average molecular weight is 192 g/mol. The van der Waals surface area contributed by atoms with Crippen LogP contribution < -0.4 is 0 Å². The van der Waals surface area contributed by atoms with Crippen LogP contribution in [-0.2, 0) is 0 Å². The summed E-state index contributed by atoms with van der Waals surface area (Å²) in [5.74, 6) is 0. The molecule has 1 saturated carbocycles. The van der Waals surface area contributed by atoms with Crippen molar-refractivity contribution in [3.63, 3.8) is 0 Å². The Morgan fingerprint density at radius 2 is 2.08 bits per heavy atom. The summed E-state index contributed by atoms with van der Waals surface area (Å²) in [6.45, 7) is 0.538. The first kappa shape index (κ1) is 10.3. The van der Waals surface area contributed by atoms with Crippen LogP contribution in [0.3, 0.4) is 0 Å². The van der Waals surface area contributed by atoms with E-state index in [1.807, 2.05) is 6.07 Å². The normalized spacial score (nSPS) is 20.0. The largest absolute Gasteiger partial charge is 0.401 e. The second-order valence-corrected chi connectivity index (χ2v) is 3.32. The van der Waals surface area contributed by atoms with E-state index in [1.54, 1.807) is 0 Å². The molecule has 1 aliphatic rings. The van der Waals surface area contributed by atoms with Crippen molar-refractivity contribution in [2.45, 2.75) is 38.0 Å². The van der Waals surface area contributed by atoms with Crippen LogP contribution in [0.2, 0.25) is 0 Å². The molecule has 0 heterocycles. The molecule has 5 heteroatoms. The van der Waals surface area contributed by atoms with Gasteiger partial charge in [0.25, 0.3) is 0 Å². The highest BCUT2D eigenvalue weighted by atomic mass is 19.4. The van der Waals surface area contributed by atoms with Gasteiger partial charge in [-0.15, -0.1) is 0 Å². The Morgan fingerprint density at radius 1 is 1.54 bits per heavy atom. The summed E-state index contributed by atoms with van der Waals surface area (Å²) in [7, 11) is 0. The zero-order valence-corrected chi connectivity index (χ0v) is 7.30. The Balaban J connectivity index is 2.53. The van der Waals surface area contributed by atoms with Crippen LogP contribution in [0.4, 0.5) is 13.2 Å². The smallest absolute Gasteiger partial charge is 0.277 e. The van der Waals surface area contributed by atoms with Crippen molar-refractivity contribution >= 4 is 0 Å². The molecule has 0 aromatic carbocycles. The van der Waals surface area contributed by atoms with Crippen LogP contribution in [0, 0.1) is 11.3 Å². The van der Waals surface area contributed by atoms with Gasteiger partial charge in [0.2, 0.25) is 0 Å². The molecule has 0 aromatic rings. The zero-order valence-electron chi connectivity index (χ0n) is 7.30. The van der Waals surface area contributed by atoms with Crippen LogP contribution in [0.1, 0.15) is 19.8 Å². The summed E-state index contributed by atoms with van der Waals surface area (Å²) >= 11 is 0. The second kappa shape index (κ2) is 3.54. The number of nitriles is 1. The predicted molar refractivity (Wildman–Crippen MR) is 40.9 cm³/mol. The van der Waals surface area contributed by atoms with Crippen molar-refractivity contribution in [2.75, 3.05) is 6.54 Å². The topological polar surface area (TPSA) is 27.0 Å². The van der Waals surface area contributed by atoms with Gasteiger partial charge in [-0.2, -0.15) is 18.4 Å². The van der Waals surface area contributed by atoms with Gasteiger partial charge in [0, 0.05) is 6.04 Å². The van der Waals surface area contributed by atoms with E-state index in [4.69, 9.17) is 5.26 Å². The van der Waals surface area contributed by atoms with Gasteiger partial charge in [-0.05, 0) is 19.8 Å². The highest BCUT2D eigenvalue weighted by Crippen LogP contribution is 2.31. The van der Waals surface area contributed by atoms with Gasteiger partial charge < -0.3 is 0 Å². The van der Waals surface area contributed by atoms with E-state index < -0.39 is 18.8 Å². The number of rotatable bonds is 3. The summed E-state index contributed by atoms with van der Waals surface area (Å²) in [4.78, 5) is 1.22. The maximum Gasteiger partial charge on any atom is 0.401 e. The van der Waals surface area contributed by atoms with E-state index in [0.717, 1.165) is 12.8 Å². The molecule has 0 aromatic heterocycles. The Labute approximate surface area is 74.9 Å². The molecule has 1 aliphatic carbocycles. The first-order valence-corrected chi connectivity index (χ1v) is 4.16. The van der Waals surface area contributed by atoms with Gasteiger partial charge >= 0.3 is 6.18 Å². The summed E-state index contributed by atoms with van der Waals surface area (Å²) in [5.41, 5.74) is 0. The van der Waals surface area contributed by atoms with Crippen LogP contribution in [0.25, 0.3) is 0 Å². The van der Waals surface area contributed by atoms with E-state index >= 15 is 0 Å². The molecule has 0 radical (unpaired) electrons. The molecule has 1 unspecified atom stereocenters. The third kappa shape index (κ3) is 3.23. The molecular weight excluding hydrogens is 181 g/mol. The molecule has 1 atom stereocenters. The summed E-state index contributed by atoms with van der Waals surface area (Å²) < 4.78 is 36.1. The Morgan fingerprint density at radius 3 is 2.38 bits per heavy atom. The maximum absolute atomic E-state index is 12.0. The van der Waals surface area contributed by atoms with Crippen LogP contribution in [0.15, 0.2) is 0 Å². The minimum atomic E-state index is -4.20. The number of hydrogen-bond acceptors (Lipinski definition) is 2. The molecule has 0 spiro atoms. The number of alkyl halides is 3. The van der Waals surface area contributed by atoms with E-state index in [0.29, 0.717) is 0 Å². The summed E-state index contributed by atoms with van der Waals surface area (Å²) in [5, 5.41) is 8.52. The quantitative estimate of drug-likeness (QED) is 0.683. The van der Waals surface area contributed by atoms with Crippen molar-refractivity contribution in [1.29, 1.82) is 5.26 Å². The lowest BCUT2D eigenvalue weighted by atomic mass is 10.3. The van der Waals surface area contributed by atoms with Crippen LogP contribution in [0.5, 0.6) is 0 Å². The van der Waals surface area contributed by atoms with Crippen LogP contribution in [-0.4, -0.2) is 29.7 Å². The minimum Gasteiger partial charge on any atom is -0.277 e. The lowest BCUT2D eigenvalue weighted by molar-refractivity contribution is -0.149. The van der Waals surface area contributed by atoms with Gasteiger partial charge in [-0.3, -0.25) is 4.90 Å². The van der Waals surface area contributed by atoms with E-state index in [-0.39, 0.29) is 6.04 Å². The highest BCUT2D eigenvalue weighted by molar-refractivity contribution is 4.96. The molecule has 0 aliphatic heterocycles. The maximum atomic E-state index is 12.0. The summed E-state index contributed by atoms with van der Waals surface area (Å²) in [6, 6.07) is 1.16. The number of hydrogen-bond donors (Lipinski definition) is 0. The molecule has 2 nitrogen and oxygen atoms in total. The standard InChI is InChI=1S/C8H11F3N2/c1-6(4-12)13(7-2-3-7)5-8(9,10)11/h6-7H,2-3,5H2,1H3. The fourth-order valence-electron chi connectivity index (χ4n) is 1.27. The Bertz CT molecular complexity index is 214. The molecule has 0 amide bonds. The number of nitrogens with zero attached hydrogens (tertiary/aromatic N) is 2. The third-order valence-electron chi connectivity index (χ3n) is 2.06. The second-order valence-electron chi connectivity index (χ2n) is 3.32. The molecule has 0 N–H and O–H groups in total. The van der Waals surface area contributed by atoms with Crippen molar-refractivity contribution in [1.82, 2.24) is 4.90 Å². The average Bonchev–Trinajstić information content (AvgIpc) is 2.79. The Kier molecular flexibility index (Phi) is 2.81. The molecule has 74 valence electrons. The fraction of sp³-hybridized carbons (Fsp3) is 0.875. The van der Waals surface area contributed by atoms with Gasteiger partial charge in [0.05, 0.1) is 18.7 Å². The summed E-state index contributed by atoms with van der Waals surface area (Å²) in [6.07, 6.45) is -2.64. The molecule has 0 bridgehead atoms. The lowest BCUT2D eigenvalue weighted by Crippen LogP contribution is -2.41. The molecule has 1 rings (SSSR count). The van der Waals surface area contributed by atoms with Crippen molar-refractivity contribution in [3.05, 3.63) is 0 Å². The minimum absolute atomic E-state index is 0.0312. The predicted octanol–water partition coefficient (Wildman–Crippen LogP) is 1.93. The van der Waals surface area contributed by atoms with E-state index in [1.165, 1.54) is 11.8 Å². The van der Waals surface area contributed by atoms with Gasteiger partial charge in [0.1, 0.15) is 0 Å². The zero-order chi connectivity index (χ0) is 10.1. The van der Waals surface area contributed by atoms with Crippen LogP contribution >= 0.6 is 0 Å². The van der Waals surface area contributed by atoms with Gasteiger partial charge in [-0.25, -0.2) is 0 Å².